The van der Waals surface area contributed by atoms with E-state index >= 15 is 0 Å². The van der Waals surface area contributed by atoms with Crippen molar-refractivity contribution in [2.24, 2.45) is 5.73 Å². The van der Waals surface area contributed by atoms with Crippen molar-refractivity contribution in [1.29, 1.82) is 0 Å². The predicted octanol–water partition coefficient (Wildman–Crippen LogP) is 2.11. The number of H-pyrrole nitrogens is 1. The van der Waals surface area contributed by atoms with Crippen LogP contribution in [0.2, 0.25) is 0 Å². The van der Waals surface area contributed by atoms with Gasteiger partial charge in [-0.25, -0.2) is 15.0 Å². The van der Waals surface area contributed by atoms with E-state index in [1.54, 1.807) is 25.2 Å². The Hall–Kier alpha value is -2.12. The van der Waals surface area contributed by atoms with E-state index in [4.69, 9.17) is 10.5 Å². The summed E-state index contributed by atoms with van der Waals surface area (Å²) in [6.45, 7) is 0.514. The van der Waals surface area contributed by atoms with Crippen LogP contribution >= 0.6 is 11.8 Å². The lowest BCUT2D eigenvalue weighted by Crippen LogP contribution is -1.99. The van der Waals surface area contributed by atoms with Crippen LogP contribution in [0.15, 0.2) is 35.9 Å². The fraction of sp³-hybridized carbons (Fsp3) is 0.214. The Balaban J connectivity index is 1.86. The number of benzene rings is 1. The first-order valence-corrected chi connectivity index (χ1v) is 7.43. The van der Waals surface area contributed by atoms with Gasteiger partial charge in [-0.15, -0.1) is 0 Å². The van der Waals surface area contributed by atoms with Gasteiger partial charge in [-0.05, 0) is 17.7 Å². The van der Waals surface area contributed by atoms with Gasteiger partial charge < -0.3 is 15.5 Å². The number of nitrogens with two attached hydrogens (primary N) is 1. The zero-order valence-electron chi connectivity index (χ0n) is 11.5. The predicted molar refractivity (Wildman–Crippen MR) is 82.1 cm³/mol. The van der Waals surface area contributed by atoms with Crippen LogP contribution < -0.4 is 10.5 Å². The van der Waals surface area contributed by atoms with Crippen LogP contribution in [-0.4, -0.2) is 27.0 Å². The standard InChI is InChI=1S/C14H15N5OS/c1-20-11-3-2-9(5-15)4-10(11)6-21-14-12-13(17-7-16-12)18-8-19-14/h2-4,7-8H,5-6,15H2,1H3,(H,16,17,18,19). The van der Waals surface area contributed by atoms with E-state index in [-0.39, 0.29) is 0 Å². The van der Waals surface area contributed by atoms with Gasteiger partial charge in [0, 0.05) is 17.9 Å². The smallest absolute Gasteiger partial charge is 0.181 e. The van der Waals surface area contributed by atoms with Gasteiger partial charge in [0.25, 0.3) is 0 Å². The van der Waals surface area contributed by atoms with Crippen LogP contribution in [0.5, 0.6) is 5.75 Å². The number of aromatic nitrogens is 4. The molecule has 3 rings (SSSR count). The van der Waals surface area contributed by atoms with Crippen molar-refractivity contribution in [3.63, 3.8) is 0 Å². The van der Waals surface area contributed by atoms with Crippen molar-refractivity contribution in [3.05, 3.63) is 42.0 Å². The number of rotatable bonds is 5. The first-order chi connectivity index (χ1) is 10.3. The Kier molecular flexibility index (Phi) is 4.03. The van der Waals surface area contributed by atoms with E-state index in [9.17, 15) is 0 Å². The van der Waals surface area contributed by atoms with Crippen molar-refractivity contribution in [1.82, 2.24) is 19.9 Å². The number of methoxy groups -OCH3 is 1. The summed E-state index contributed by atoms with van der Waals surface area (Å²) < 4.78 is 5.40. The van der Waals surface area contributed by atoms with E-state index < -0.39 is 0 Å². The molecule has 0 radical (unpaired) electrons. The molecule has 108 valence electrons. The first kappa shape index (κ1) is 13.8. The van der Waals surface area contributed by atoms with Crippen LogP contribution in [0.25, 0.3) is 11.2 Å². The van der Waals surface area contributed by atoms with Crippen LogP contribution in [-0.2, 0) is 12.3 Å². The van der Waals surface area contributed by atoms with Crippen molar-refractivity contribution in [2.45, 2.75) is 17.3 Å². The van der Waals surface area contributed by atoms with Crippen LogP contribution in [0, 0.1) is 0 Å². The second kappa shape index (κ2) is 6.11. The lowest BCUT2D eigenvalue weighted by atomic mass is 10.1. The van der Waals surface area contributed by atoms with Crippen molar-refractivity contribution < 1.29 is 4.74 Å². The molecule has 0 aliphatic carbocycles. The molecule has 0 aliphatic heterocycles. The number of ether oxygens (including phenoxy) is 1. The maximum absolute atomic E-state index is 5.70. The van der Waals surface area contributed by atoms with E-state index in [2.05, 4.69) is 26.0 Å². The molecule has 0 unspecified atom stereocenters. The van der Waals surface area contributed by atoms with Gasteiger partial charge in [0.05, 0.1) is 13.4 Å². The summed E-state index contributed by atoms with van der Waals surface area (Å²) in [4.78, 5) is 15.6. The minimum Gasteiger partial charge on any atom is -0.496 e. The highest BCUT2D eigenvalue weighted by molar-refractivity contribution is 7.98. The van der Waals surface area contributed by atoms with E-state index in [1.807, 2.05) is 12.1 Å². The highest BCUT2D eigenvalue weighted by Gasteiger charge is 2.09. The van der Waals surface area contributed by atoms with Crippen molar-refractivity contribution >= 4 is 22.9 Å². The minimum absolute atomic E-state index is 0.514. The SMILES string of the molecule is COc1ccc(CN)cc1CSc1ncnc2nc[nH]c12. The van der Waals surface area contributed by atoms with E-state index in [0.717, 1.165) is 33.2 Å². The number of thioether (sulfide) groups is 1. The summed E-state index contributed by atoms with van der Waals surface area (Å²) in [5.41, 5.74) is 9.41. The quantitative estimate of drug-likeness (QED) is 0.554. The van der Waals surface area contributed by atoms with Gasteiger partial charge in [-0.2, -0.15) is 0 Å². The van der Waals surface area contributed by atoms with E-state index in [1.165, 1.54) is 6.33 Å². The zero-order valence-corrected chi connectivity index (χ0v) is 12.4. The monoisotopic (exact) mass is 301 g/mol. The second-order valence-electron chi connectivity index (χ2n) is 4.42. The van der Waals surface area contributed by atoms with Crippen LogP contribution in [0.4, 0.5) is 0 Å². The third kappa shape index (κ3) is 2.84. The molecule has 0 spiro atoms. The minimum atomic E-state index is 0.514. The van der Waals surface area contributed by atoms with Crippen LogP contribution in [0.1, 0.15) is 11.1 Å². The van der Waals surface area contributed by atoms with E-state index in [0.29, 0.717) is 12.2 Å². The number of aromatic amines is 1. The van der Waals surface area contributed by atoms with Crippen LogP contribution in [0.3, 0.4) is 0 Å². The fourth-order valence-electron chi connectivity index (χ4n) is 2.07. The molecule has 2 heterocycles. The summed E-state index contributed by atoms with van der Waals surface area (Å²) in [5.74, 6) is 1.59. The van der Waals surface area contributed by atoms with Gasteiger partial charge in [-0.1, -0.05) is 17.8 Å². The molecule has 0 saturated carbocycles. The third-order valence-electron chi connectivity index (χ3n) is 3.13. The Morgan fingerprint density at radius 3 is 3.00 bits per heavy atom. The molecule has 0 fully saturated rings. The number of hydrogen-bond acceptors (Lipinski definition) is 6. The number of fused-ring (bicyclic) bond motifs is 1. The van der Waals surface area contributed by atoms with Gasteiger partial charge >= 0.3 is 0 Å². The molecule has 0 saturated heterocycles. The summed E-state index contributed by atoms with van der Waals surface area (Å²) in [5, 5.41) is 0.873. The maximum Gasteiger partial charge on any atom is 0.181 e. The molecular formula is C14H15N5OS. The average molecular weight is 301 g/mol. The zero-order chi connectivity index (χ0) is 14.7. The summed E-state index contributed by atoms with van der Waals surface area (Å²) in [6.07, 6.45) is 3.15. The summed E-state index contributed by atoms with van der Waals surface area (Å²) in [7, 11) is 1.67. The fourth-order valence-corrected chi connectivity index (χ4v) is 3.00. The Bertz CT molecular complexity index is 758. The third-order valence-corrected chi connectivity index (χ3v) is 4.17. The lowest BCUT2D eigenvalue weighted by molar-refractivity contribution is 0.411. The molecule has 1 aromatic carbocycles. The average Bonchev–Trinajstić information content (AvgIpc) is 3.01. The maximum atomic E-state index is 5.70. The number of imidazole rings is 1. The molecule has 0 bridgehead atoms. The Labute approximate surface area is 126 Å². The number of hydrogen-bond donors (Lipinski definition) is 2. The summed E-state index contributed by atoms with van der Waals surface area (Å²) >= 11 is 1.61. The van der Waals surface area contributed by atoms with Gasteiger partial charge in [0.1, 0.15) is 22.6 Å². The lowest BCUT2D eigenvalue weighted by Gasteiger charge is -2.10. The molecular weight excluding hydrogens is 286 g/mol. The first-order valence-electron chi connectivity index (χ1n) is 6.44. The largest absolute Gasteiger partial charge is 0.496 e. The molecule has 0 atom stereocenters. The highest BCUT2D eigenvalue weighted by atomic mass is 32.2. The Morgan fingerprint density at radius 1 is 1.29 bits per heavy atom. The molecule has 6 nitrogen and oxygen atoms in total. The molecule has 7 heteroatoms. The molecule has 3 aromatic rings. The van der Waals surface area contributed by atoms with Gasteiger partial charge in [0.2, 0.25) is 0 Å². The molecule has 21 heavy (non-hydrogen) atoms. The number of nitrogens with one attached hydrogen (secondary N) is 1. The van der Waals surface area contributed by atoms with Gasteiger partial charge in [-0.3, -0.25) is 0 Å². The Morgan fingerprint density at radius 2 is 2.19 bits per heavy atom. The molecule has 3 N–H and O–H groups in total. The second-order valence-corrected chi connectivity index (χ2v) is 5.38. The van der Waals surface area contributed by atoms with Crippen molar-refractivity contribution in [2.75, 3.05) is 7.11 Å². The topological polar surface area (TPSA) is 89.7 Å². The number of nitrogens with zero attached hydrogens (tertiary/aromatic N) is 3. The van der Waals surface area contributed by atoms with Crippen molar-refractivity contribution in [3.8, 4) is 5.75 Å². The van der Waals surface area contributed by atoms with Gasteiger partial charge in [0.15, 0.2) is 5.65 Å². The molecule has 2 aromatic heterocycles. The summed E-state index contributed by atoms with van der Waals surface area (Å²) in [6, 6.07) is 5.99. The molecule has 0 amide bonds. The normalized spacial score (nSPS) is 11.0. The highest BCUT2D eigenvalue weighted by Crippen LogP contribution is 2.30. The molecule has 0 aliphatic rings.